The van der Waals surface area contributed by atoms with Gasteiger partial charge in [-0.15, -0.1) is 0 Å². The number of aliphatic hydroxyl groups is 1. The van der Waals surface area contributed by atoms with E-state index >= 15 is 0 Å². The molecule has 0 unspecified atom stereocenters. The first-order valence-electron chi connectivity index (χ1n) is 7.61. The van der Waals surface area contributed by atoms with Crippen molar-refractivity contribution in [2.75, 3.05) is 13.7 Å². The Morgan fingerprint density at radius 2 is 2.25 bits per heavy atom. The maximum atomic E-state index is 12.8. The number of amides is 1. The van der Waals surface area contributed by atoms with Crippen molar-refractivity contribution in [1.82, 2.24) is 9.88 Å². The van der Waals surface area contributed by atoms with E-state index in [4.69, 9.17) is 10.00 Å². The molecule has 1 fully saturated rings. The van der Waals surface area contributed by atoms with Gasteiger partial charge in [-0.05, 0) is 36.2 Å². The van der Waals surface area contributed by atoms with E-state index in [1.165, 1.54) is 12.3 Å². The number of hydrogen-bond acceptors (Lipinski definition) is 5. The van der Waals surface area contributed by atoms with Gasteiger partial charge < -0.3 is 14.7 Å². The molecule has 6 heteroatoms. The van der Waals surface area contributed by atoms with Gasteiger partial charge in [0.05, 0.1) is 19.3 Å². The standard InChI is InChI=1S/C18H17N3O3/c1-24-16-4-2-3-12(8-16)17-9-15(22)11-21(17)18(23)13-5-6-20-14(7-13)10-19/h2-8,15,17,22H,9,11H2,1H3/t15-,17-/m1/s1. The van der Waals surface area contributed by atoms with E-state index in [-0.39, 0.29) is 24.2 Å². The number of nitrogens with zero attached hydrogens (tertiary/aromatic N) is 3. The zero-order valence-electron chi connectivity index (χ0n) is 13.2. The summed E-state index contributed by atoms with van der Waals surface area (Å²) in [6.07, 6.45) is 1.33. The van der Waals surface area contributed by atoms with E-state index in [1.54, 1.807) is 18.1 Å². The van der Waals surface area contributed by atoms with Gasteiger partial charge >= 0.3 is 0 Å². The number of aliphatic hydroxyl groups excluding tert-OH is 1. The Labute approximate surface area is 139 Å². The molecule has 1 N–H and O–H groups in total. The molecular weight excluding hydrogens is 306 g/mol. The number of β-amino-alcohol motifs (C(OH)–C–C–N with tert-alkyl or cyclic N) is 1. The average Bonchev–Trinajstić information content (AvgIpc) is 3.03. The van der Waals surface area contributed by atoms with Gasteiger partial charge in [0.1, 0.15) is 17.5 Å². The van der Waals surface area contributed by atoms with E-state index in [2.05, 4.69) is 4.98 Å². The number of carbonyl (C=O) groups excluding carboxylic acids is 1. The molecule has 1 aromatic heterocycles. The third-order valence-electron chi connectivity index (χ3n) is 4.14. The van der Waals surface area contributed by atoms with Crippen LogP contribution < -0.4 is 4.74 Å². The van der Waals surface area contributed by atoms with Gasteiger partial charge in [0, 0.05) is 18.3 Å². The highest BCUT2D eigenvalue weighted by atomic mass is 16.5. The second-order valence-electron chi connectivity index (χ2n) is 5.68. The Bertz CT molecular complexity index is 800. The summed E-state index contributed by atoms with van der Waals surface area (Å²) < 4.78 is 5.24. The number of benzene rings is 1. The Hall–Kier alpha value is -2.91. The number of pyridine rings is 1. The number of hydrogen-bond donors (Lipinski definition) is 1. The normalized spacial score (nSPS) is 19.8. The smallest absolute Gasteiger partial charge is 0.254 e. The summed E-state index contributed by atoms with van der Waals surface area (Å²) in [7, 11) is 1.59. The fraction of sp³-hybridized carbons (Fsp3) is 0.278. The molecule has 2 aromatic rings. The lowest BCUT2D eigenvalue weighted by molar-refractivity contribution is 0.0715. The second-order valence-corrected chi connectivity index (χ2v) is 5.68. The van der Waals surface area contributed by atoms with E-state index in [0.717, 1.165) is 5.56 Å². The summed E-state index contributed by atoms with van der Waals surface area (Å²) in [5.41, 5.74) is 1.50. The monoisotopic (exact) mass is 323 g/mol. The van der Waals surface area contributed by atoms with Gasteiger partial charge in [-0.3, -0.25) is 4.79 Å². The molecule has 24 heavy (non-hydrogen) atoms. The number of rotatable bonds is 3. The molecule has 122 valence electrons. The number of likely N-dealkylation sites (tertiary alicyclic amines) is 1. The van der Waals surface area contributed by atoms with E-state index in [0.29, 0.717) is 17.7 Å². The number of methoxy groups -OCH3 is 1. The number of aromatic nitrogens is 1. The number of carbonyl (C=O) groups is 1. The van der Waals surface area contributed by atoms with Crippen molar-refractivity contribution >= 4 is 5.91 Å². The Kier molecular flexibility index (Phi) is 4.45. The van der Waals surface area contributed by atoms with E-state index in [9.17, 15) is 9.90 Å². The highest BCUT2D eigenvalue weighted by Crippen LogP contribution is 2.34. The molecule has 0 bridgehead atoms. The fourth-order valence-electron chi connectivity index (χ4n) is 2.99. The molecule has 1 aliphatic heterocycles. The van der Waals surface area contributed by atoms with Crippen molar-refractivity contribution in [2.24, 2.45) is 0 Å². The van der Waals surface area contributed by atoms with Crippen molar-refractivity contribution in [3.8, 4) is 11.8 Å². The molecule has 6 nitrogen and oxygen atoms in total. The molecule has 0 spiro atoms. The predicted octanol–water partition coefficient (Wildman–Crippen LogP) is 1.91. The largest absolute Gasteiger partial charge is 0.497 e. The van der Waals surface area contributed by atoms with Crippen molar-refractivity contribution in [2.45, 2.75) is 18.6 Å². The van der Waals surface area contributed by atoms with Gasteiger partial charge in [0.15, 0.2) is 0 Å². The van der Waals surface area contributed by atoms with Crippen LogP contribution in [-0.2, 0) is 0 Å². The number of nitriles is 1. The molecule has 0 radical (unpaired) electrons. The van der Waals surface area contributed by atoms with Crippen LogP contribution in [0, 0.1) is 11.3 Å². The van der Waals surface area contributed by atoms with Gasteiger partial charge in [0.2, 0.25) is 0 Å². The van der Waals surface area contributed by atoms with Gasteiger partial charge in [-0.2, -0.15) is 5.26 Å². The maximum absolute atomic E-state index is 12.8. The Balaban J connectivity index is 1.92. The molecule has 2 atom stereocenters. The minimum absolute atomic E-state index is 0.193. The number of ether oxygens (including phenoxy) is 1. The molecule has 1 saturated heterocycles. The van der Waals surface area contributed by atoms with Crippen LogP contribution in [0.2, 0.25) is 0 Å². The van der Waals surface area contributed by atoms with Crippen LogP contribution in [0.5, 0.6) is 5.75 Å². The minimum atomic E-state index is -0.581. The van der Waals surface area contributed by atoms with Crippen LogP contribution in [0.1, 0.15) is 34.1 Å². The van der Waals surface area contributed by atoms with Crippen LogP contribution in [0.25, 0.3) is 0 Å². The van der Waals surface area contributed by atoms with Crippen LogP contribution in [0.15, 0.2) is 42.6 Å². The summed E-state index contributed by atoms with van der Waals surface area (Å²) in [4.78, 5) is 18.4. The van der Waals surface area contributed by atoms with Gasteiger partial charge in [0.25, 0.3) is 5.91 Å². The van der Waals surface area contributed by atoms with Gasteiger partial charge in [-0.1, -0.05) is 12.1 Å². The summed E-state index contributed by atoms with van der Waals surface area (Å²) >= 11 is 0. The molecule has 3 rings (SSSR count). The summed E-state index contributed by atoms with van der Waals surface area (Å²) in [6.45, 7) is 0.255. The first-order valence-corrected chi connectivity index (χ1v) is 7.61. The highest BCUT2D eigenvalue weighted by Gasteiger charge is 2.36. The molecule has 0 aliphatic carbocycles. The predicted molar refractivity (Wildman–Crippen MR) is 86.3 cm³/mol. The zero-order valence-corrected chi connectivity index (χ0v) is 13.2. The first-order chi connectivity index (χ1) is 11.6. The van der Waals surface area contributed by atoms with E-state index in [1.807, 2.05) is 30.3 Å². The summed E-state index contributed by atoms with van der Waals surface area (Å²) in [5.74, 6) is 0.482. The van der Waals surface area contributed by atoms with Crippen LogP contribution in [-0.4, -0.2) is 40.7 Å². The maximum Gasteiger partial charge on any atom is 0.254 e. The highest BCUT2D eigenvalue weighted by molar-refractivity contribution is 5.95. The van der Waals surface area contributed by atoms with Crippen LogP contribution in [0.4, 0.5) is 0 Å². The Morgan fingerprint density at radius 1 is 1.42 bits per heavy atom. The SMILES string of the molecule is COc1cccc([C@H]2C[C@@H](O)CN2C(=O)c2ccnc(C#N)c2)c1. The third-order valence-corrected chi connectivity index (χ3v) is 4.14. The second kappa shape index (κ2) is 6.69. The molecule has 2 heterocycles. The lowest BCUT2D eigenvalue weighted by Crippen LogP contribution is -2.31. The topological polar surface area (TPSA) is 86.5 Å². The van der Waals surface area contributed by atoms with Crippen LogP contribution in [0.3, 0.4) is 0 Å². The van der Waals surface area contributed by atoms with Crippen molar-refractivity contribution in [3.05, 3.63) is 59.4 Å². The molecule has 0 saturated carbocycles. The lowest BCUT2D eigenvalue weighted by atomic mass is 10.0. The molecule has 1 amide bonds. The fourth-order valence-corrected chi connectivity index (χ4v) is 2.99. The molecular formula is C18H17N3O3. The first kappa shape index (κ1) is 16.0. The van der Waals surface area contributed by atoms with Crippen molar-refractivity contribution in [1.29, 1.82) is 5.26 Å². The molecule has 1 aromatic carbocycles. The van der Waals surface area contributed by atoms with Gasteiger partial charge in [-0.25, -0.2) is 4.98 Å². The van der Waals surface area contributed by atoms with E-state index < -0.39 is 6.10 Å². The minimum Gasteiger partial charge on any atom is -0.497 e. The Morgan fingerprint density at radius 3 is 3.00 bits per heavy atom. The van der Waals surface area contributed by atoms with Crippen LogP contribution >= 0.6 is 0 Å². The average molecular weight is 323 g/mol. The quantitative estimate of drug-likeness (QED) is 0.932. The summed E-state index contributed by atoms with van der Waals surface area (Å²) in [5, 5.41) is 19.0. The molecule has 1 aliphatic rings. The third kappa shape index (κ3) is 3.07. The summed E-state index contributed by atoms with van der Waals surface area (Å²) in [6, 6.07) is 12.2. The zero-order chi connectivity index (χ0) is 17.1. The van der Waals surface area contributed by atoms with Crippen molar-refractivity contribution in [3.63, 3.8) is 0 Å². The van der Waals surface area contributed by atoms with Crippen molar-refractivity contribution < 1.29 is 14.6 Å². The lowest BCUT2D eigenvalue weighted by Gasteiger charge is -2.25.